The van der Waals surface area contributed by atoms with Crippen molar-refractivity contribution >= 4 is 11.7 Å². The van der Waals surface area contributed by atoms with E-state index in [9.17, 15) is 14.9 Å². The summed E-state index contributed by atoms with van der Waals surface area (Å²) in [7, 11) is 1.35. The fourth-order valence-corrected chi connectivity index (χ4v) is 1.51. The third kappa shape index (κ3) is 4.14. The molecule has 0 unspecified atom stereocenters. The Kier molecular flexibility index (Phi) is 5.26. The minimum absolute atomic E-state index is 0.0646. The Labute approximate surface area is 105 Å². The Hall–Kier alpha value is -1.95. The lowest BCUT2D eigenvalue weighted by atomic mass is 10.2. The zero-order chi connectivity index (χ0) is 13.5. The average Bonchev–Trinajstić information content (AvgIpc) is 2.38. The molecule has 0 heterocycles. The number of likely N-dealkylation sites (N-methyl/N-ethyl adjacent to an activating group) is 1. The number of nitrogens with zero attached hydrogens (tertiary/aromatic N) is 2. The number of nitro benzene ring substituents is 1. The molecule has 6 nitrogen and oxygen atoms in total. The number of esters is 1. The van der Waals surface area contributed by atoms with Crippen molar-refractivity contribution in [2.75, 3.05) is 20.2 Å². The number of benzene rings is 1. The van der Waals surface area contributed by atoms with E-state index in [1.807, 2.05) is 11.8 Å². The molecule has 0 spiro atoms. The summed E-state index contributed by atoms with van der Waals surface area (Å²) in [6.07, 6.45) is 0. The number of carbonyl (C=O) groups is 1. The molecule has 1 rings (SSSR count). The first-order valence-electron chi connectivity index (χ1n) is 5.59. The van der Waals surface area contributed by atoms with Gasteiger partial charge >= 0.3 is 5.97 Å². The number of rotatable bonds is 6. The van der Waals surface area contributed by atoms with Gasteiger partial charge in [0, 0.05) is 18.7 Å². The molecule has 0 N–H and O–H groups in total. The Morgan fingerprint density at radius 2 is 2.00 bits per heavy atom. The van der Waals surface area contributed by atoms with Crippen molar-refractivity contribution in [1.82, 2.24) is 4.90 Å². The molecule has 0 fully saturated rings. The van der Waals surface area contributed by atoms with Gasteiger partial charge in [-0.3, -0.25) is 19.8 Å². The van der Waals surface area contributed by atoms with Crippen LogP contribution in [0, 0.1) is 10.1 Å². The first-order chi connectivity index (χ1) is 8.56. The van der Waals surface area contributed by atoms with Crippen LogP contribution in [0.4, 0.5) is 5.69 Å². The maximum atomic E-state index is 11.2. The molecular formula is C12H16N2O4. The largest absolute Gasteiger partial charge is 0.468 e. The van der Waals surface area contributed by atoms with Crippen LogP contribution in [0.3, 0.4) is 0 Å². The quantitative estimate of drug-likeness (QED) is 0.436. The molecule has 0 aliphatic rings. The lowest BCUT2D eigenvalue weighted by Crippen LogP contribution is -2.29. The summed E-state index contributed by atoms with van der Waals surface area (Å²) < 4.78 is 4.60. The predicted octanol–water partition coefficient (Wildman–Crippen LogP) is 1.59. The summed E-state index contributed by atoms with van der Waals surface area (Å²) in [5.74, 6) is -0.293. The Morgan fingerprint density at radius 1 is 1.39 bits per heavy atom. The summed E-state index contributed by atoms with van der Waals surface area (Å²) in [5, 5.41) is 10.5. The zero-order valence-electron chi connectivity index (χ0n) is 10.5. The van der Waals surface area contributed by atoms with Crippen LogP contribution in [0.5, 0.6) is 0 Å². The van der Waals surface area contributed by atoms with E-state index in [1.165, 1.54) is 19.2 Å². The van der Waals surface area contributed by atoms with E-state index in [4.69, 9.17) is 0 Å². The van der Waals surface area contributed by atoms with Crippen LogP contribution in [0.2, 0.25) is 0 Å². The SMILES string of the molecule is CCN(CC(=O)OC)Cc1ccc([N+](=O)[O-])cc1. The Morgan fingerprint density at radius 3 is 2.44 bits per heavy atom. The molecule has 0 atom stereocenters. The fraction of sp³-hybridized carbons (Fsp3) is 0.417. The highest BCUT2D eigenvalue weighted by molar-refractivity contribution is 5.71. The highest BCUT2D eigenvalue weighted by Gasteiger charge is 2.10. The van der Waals surface area contributed by atoms with Crippen molar-refractivity contribution in [2.45, 2.75) is 13.5 Å². The molecule has 6 heteroatoms. The van der Waals surface area contributed by atoms with Gasteiger partial charge in [0.2, 0.25) is 0 Å². The number of hydrogen-bond acceptors (Lipinski definition) is 5. The molecule has 0 saturated heterocycles. The van der Waals surface area contributed by atoms with Crippen LogP contribution in [-0.4, -0.2) is 36.0 Å². The highest BCUT2D eigenvalue weighted by atomic mass is 16.6. The van der Waals surface area contributed by atoms with Gasteiger partial charge in [-0.1, -0.05) is 19.1 Å². The van der Waals surface area contributed by atoms with Gasteiger partial charge in [0.15, 0.2) is 0 Å². The molecule has 0 amide bonds. The number of nitro groups is 1. The molecule has 1 aromatic carbocycles. The Bertz CT molecular complexity index is 417. The minimum atomic E-state index is -0.435. The van der Waals surface area contributed by atoms with E-state index < -0.39 is 4.92 Å². The van der Waals surface area contributed by atoms with Crippen LogP contribution >= 0.6 is 0 Å². The van der Waals surface area contributed by atoms with Crippen LogP contribution in [0.25, 0.3) is 0 Å². The maximum absolute atomic E-state index is 11.2. The summed E-state index contributed by atoms with van der Waals surface area (Å²) >= 11 is 0. The molecular weight excluding hydrogens is 236 g/mol. The van der Waals surface area contributed by atoms with Gasteiger partial charge in [0.05, 0.1) is 18.6 Å². The number of ether oxygens (including phenoxy) is 1. The second-order valence-electron chi connectivity index (χ2n) is 3.80. The number of non-ortho nitro benzene ring substituents is 1. The third-order valence-electron chi connectivity index (χ3n) is 2.58. The highest BCUT2D eigenvalue weighted by Crippen LogP contribution is 2.13. The van der Waals surface area contributed by atoms with Crippen molar-refractivity contribution in [3.05, 3.63) is 39.9 Å². The zero-order valence-corrected chi connectivity index (χ0v) is 10.5. The fourth-order valence-electron chi connectivity index (χ4n) is 1.51. The van der Waals surface area contributed by atoms with Gasteiger partial charge in [-0.25, -0.2) is 0 Å². The molecule has 0 aromatic heterocycles. The third-order valence-corrected chi connectivity index (χ3v) is 2.58. The molecule has 0 radical (unpaired) electrons. The van der Waals surface area contributed by atoms with Gasteiger partial charge < -0.3 is 4.74 Å². The Balaban J connectivity index is 2.64. The minimum Gasteiger partial charge on any atom is -0.468 e. The molecule has 0 aliphatic carbocycles. The van der Waals surface area contributed by atoms with Gasteiger partial charge in [-0.05, 0) is 12.1 Å². The van der Waals surface area contributed by atoms with E-state index in [1.54, 1.807) is 12.1 Å². The predicted molar refractivity (Wildman–Crippen MR) is 66.1 cm³/mol. The number of methoxy groups -OCH3 is 1. The lowest BCUT2D eigenvalue weighted by Gasteiger charge is -2.18. The smallest absolute Gasteiger partial charge is 0.319 e. The molecule has 0 saturated carbocycles. The summed E-state index contributed by atoms with van der Waals surface area (Å²) in [6.45, 7) is 3.41. The van der Waals surface area contributed by atoms with Gasteiger partial charge in [-0.2, -0.15) is 0 Å². The van der Waals surface area contributed by atoms with E-state index >= 15 is 0 Å². The second kappa shape index (κ2) is 6.70. The molecule has 1 aromatic rings. The summed E-state index contributed by atoms with van der Waals surface area (Å²) in [5.41, 5.74) is 0.987. The van der Waals surface area contributed by atoms with Crippen molar-refractivity contribution < 1.29 is 14.5 Å². The van der Waals surface area contributed by atoms with E-state index in [0.717, 1.165) is 5.56 Å². The van der Waals surface area contributed by atoms with Crippen molar-refractivity contribution in [2.24, 2.45) is 0 Å². The second-order valence-corrected chi connectivity index (χ2v) is 3.80. The average molecular weight is 252 g/mol. The van der Waals surface area contributed by atoms with E-state index in [-0.39, 0.29) is 18.2 Å². The standard InChI is InChI=1S/C12H16N2O4/c1-3-13(9-12(15)18-2)8-10-4-6-11(7-5-10)14(16)17/h4-7H,3,8-9H2,1-2H3. The van der Waals surface area contributed by atoms with Crippen LogP contribution < -0.4 is 0 Å². The van der Waals surface area contributed by atoms with Crippen LogP contribution in [0.15, 0.2) is 24.3 Å². The molecule has 18 heavy (non-hydrogen) atoms. The van der Waals surface area contributed by atoms with Gasteiger partial charge in [-0.15, -0.1) is 0 Å². The summed E-state index contributed by atoms with van der Waals surface area (Å²) in [4.78, 5) is 23.1. The number of carbonyl (C=O) groups excluding carboxylic acids is 1. The number of hydrogen-bond donors (Lipinski definition) is 0. The topological polar surface area (TPSA) is 72.7 Å². The van der Waals surface area contributed by atoms with Gasteiger partial charge in [0.25, 0.3) is 5.69 Å². The van der Waals surface area contributed by atoms with Crippen molar-refractivity contribution in [1.29, 1.82) is 0 Å². The normalized spacial score (nSPS) is 10.4. The molecule has 0 aliphatic heterocycles. The molecule has 0 bridgehead atoms. The molecule has 98 valence electrons. The van der Waals surface area contributed by atoms with Crippen molar-refractivity contribution in [3.63, 3.8) is 0 Å². The maximum Gasteiger partial charge on any atom is 0.319 e. The van der Waals surface area contributed by atoms with Gasteiger partial charge in [0.1, 0.15) is 0 Å². The first kappa shape index (κ1) is 14.1. The van der Waals surface area contributed by atoms with Crippen LogP contribution in [-0.2, 0) is 16.1 Å². The lowest BCUT2D eigenvalue weighted by molar-refractivity contribution is -0.384. The van der Waals surface area contributed by atoms with E-state index in [2.05, 4.69) is 4.74 Å². The van der Waals surface area contributed by atoms with Crippen LogP contribution in [0.1, 0.15) is 12.5 Å². The van der Waals surface area contributed by atoms with Crippen molar-refractivity contribution in [3.8, 4) is 0 Å². The first-order valence-corrected chi connectivity index (χ1v) is 5.59. The summed E-state index contributed by atoms with van der Waals surface area (Å²) in [6, 6.07) is 6.30. The monoisotopic (exact) mass is 252 g/mol. The van der Waals surface area contributed by atoms with E-state index in [0.29, 0.717) is 13.1 Å².